The number of anilines is 1. The Morgan fingerprint density at radius 2 is 1.94 bits per heavy atom. The maximum Gasteiger partial charge on any atom is 0.256 e. The fraction of sp³-hybridized carbons (Fsp3) is 0.250. The van der Waals surface area contributed by atoms with Crippen LogP contribution in [-0.4, -0.2) is 38.8 Å². The summed E-state index contributed by atoms with van der Waals surface area (Å²) < 4.78 is 14.9. The third-order valence-corrected chi connectivity index (χ3v) is 5.25. The Hall–Kier alpha value is -3.79. The van der Waals surface area contributed by atoms with Crippen LogP contribution in [0, 0.1) is 17.7 Å². The van der Waals surface area contributed by atoms with E-state index < -0.39 is 5.82 Å². The monoisotopic (exact) mass is 415 g/mol. The van der Waals surface area contributed by atoms with Crippen LogP contribution in [0.1, 0.15) is 46.9 Å². The van der Waals surface area contributed by atoms with Crippen LogP contribution in [0.3, 0.4) is 0 Å². The van der Waals surface area contributed by atoms with E-state index in [1.165, 1.54) is 18.5 Å². The van der Waals surface area contributed by atoms with Crippen LogP contribution in [-0.2, 0) is 6.42 Å². The second-order valence-corrected chi connectivity index (χ2v) is 7.31. The largest absolute Gasteiger partial charge is 0.384 e. The number of hydrogen-bond donors (Lipinski definition) is 1. The number of amides is 1. The van der Waals surface area contributed by atoms with Crippen molar-refractivity contribution < 1.29 is 9.18 Å². The Kier molecular flexibility index (Phi) is 5.89. The van der Waals surface area contributed by atoms with E-state index in [1.54, 1.807) is 29.3 Å². The van der Waals surface area contributed by atoms with E-state index in [1.807, 2.05) is 6.92 Å². The summed E-state index contributed by atoms with van der Waals surface area (Å²) >= 11 is 0. The molecule has 3 heterocycles. The van der Waals surface area contributed by atoms with Crippen LogP contribution < -0.4 is 5.73 Å². The number of nitrogens with two attached hydrogens (primary N) is 1. The fourth-order valence-electron chi connectivity index (χ4n) is 3.58. The van der Waals surface area contributed by atoms with Crippen LogP contribution in [0.2, 0.25) is 0 Å². The van der Waals surface area contributed by atoms with Gasteiger partial charge in [-0.05, 0) is 43.5 Å². The van der Waals surface area contributed by atoms with E-state index in [9.17, 15) is 9.18 Å². The summed E-state index contributed by atoms with van der Waals surface area (Å²) in [6.45, 7) is 3.32. The molecular formula is C24H22FN5O. The van der Waals surface area contributed by atoms with E-state index >= 15 is 0 Å². The van der Waals surface area contributed by atoms with Gasteiger partial charge in [-0.1, -0.05) is 24.8 Å². The summed E-state index contributed by atoms with van der Waals surface area (Å²) in [5.41, 5.74) is 8.87. The van der Waals surface area contributed by atoms with E-state index in [0.29, 0.717) is 47.7 Å². The number of likely N-dealkylation sites (tertiary alicyclic amines) is 1. The Morgan fingerprint density at radius 1 is 1.13 bits per heavy atom. The van der Waals surface area contributed by atoms with Crippen LogP contribution in [0.15, 0.2) is 42.9 Å². The SMILES string of the molecule is CCc1ncnc(-c2ccc(C(=O)N3CCCC3)c(F)c2)c1C#Cc1ccc(N)nc1. The predicted molar refractivity (Wildman–Crippen MR) is 117 cm³/mol. The van der Waals surface area contributed by atoms with Gasteiger partial charge in [-0.15, -0.1) is 0 Å². The predicted octanol–water partition coefficient (Wildman–Crippen LogP) is 3.46. The highest BCUT2D eigenvalue weighted by Crippen LogP contribution is 2.26. The average molecular weight is 415 g/mol. The van der Waals surface area contributed by atoms with Crippen molar-refractivity contribution >= 4 is 11.7 Å². The summed E-state index contributed by atoms with van der Waals surface area (Å²) in [5, 5.41) is 0. The van der Waals surface area contributed by atoms with Crippen molar-refractivity contribution in [2.45, 2.75) is 26.2 Å². The van der Waals surface area contributed by atoms with Crippen molar-refractivity contribution in [3.8, 4) is 23.1 Å². The molecule has 1 aliphatic rings. The van der Waals surface area contributed by atoms with Crippen LogP contribution in [0.4, 0.5) is 10.2 Å². The normalized spacial score (nSPS) is 13.0. The van der Waals surface area contributed by atoms with Crippen molar-refractivity contribution in [3.05, 3.63) is 71.1 Å². The lowest BCUT2D eigenvalue weighted by Gasteiger charge is -2.16. The van der Waals surface area contributed by atoms with Gasteiger partial charge in [0.25, 0.3) is 5.91 Å². The number of hydrogen-bond acceptors (Lipinski definition) is 5. The zero-order valence-electron chi connectivity index (χ0n) is 17.2. The van der Waals surface area contributed by atoms with Crippen LogP contribution in [0.5, 0.6) is 0 Å². The first-order valence-corrected chi connectivity index (χ1v) is 10.2. The van der Waals surface area contributed by atoms with Gasteiger partial charge >= 0.3 is 0 Å². The molecule has 0 bridgehead atoms. The molecule has 2 aromatic heterocycles. The van der Waals surface area contributed by atoms with E-state index in [2.05, 4.69) is 26.8 Å². The molecule has 7 heteroatoms. The van der Waals surface area contributed by atoms with Crippen molar-refractivity contribution in [2.24, 2.45) is 0 Å². The average Bonchev–Trinajstić information content (AvgIpc) is 3.33. The van der Waals surface area contributed by atoms with Gasteiger partial charge in [0.2, 0.25) is 0 Å². The number of benzene rings is 1. The third-order valence-electron chi connectivity index (χ3n) is 5.25. The van der Waals surface area contributed by atoms with E-state index in [4.69, 9.17) is 5.73 Å². The van der Waals surface area contributed by atoms with Crippen molar-refractivity contribution in [1.82, 2.24) is 19.9 Å². The highest BCUT2D eigenvalue weighted by atomic mass is 19.1. The number of rotatable bonds is 3. The molecule has 6 nitrogen and oxygen atoms in total. The van der Waals surface area contributed by atoms with Crippen molar-refractivity contribution in [2.75, 3.05) is 18.8 Å². The number of pyridine rings is 1. The first-order valence-electron chi connectivity index (χ1n) is 10.2. The molecule has 1 aliphatic heterocycles. The molecule has 0 spiro atoms. The van der Waals surface area contributed by atoms with Gasteiger partial charge in [-0.3, -0.25) is 4.79 Å². The number of halogens is 1. The van der Waals surface area contributed by atoms with E-state index in [-0.39, 0.29) is 11.5 Å². The lowest BCUT2D eigenvalue weighted by molar-refractivity contribution is 0.0788. The maximum absolute atomic E-state index is 14.9. The molecule has 2 N–H and O–H groups in total. The van der Waals surface area contributed by atoms with Gasteiger partial charge in [0.15, 0.2) is 0 Å². The number of carbonyl (C=O) groups excluding carboxylic acids is 1. The quantitative estimate of drug-likeness (QED) is 0.662. The van der Waals surface area contributed by atoms with Gasteiger partial charge in [0.1, 0.15) is 18.0 Å². The summed E-state index contributed by atoms with van der Waals surface area (Å²) in [5.74, 6) is 5.75. The zero-order chi connectivity index (χ0) is 21.8. The molecule has 156 valence electrons. The number of nitrogens with zero attached hydrogens (tertiary/aromatic N) is 4. The van der Waals surface area contributed by atoms with Crippen LogP contribution in [0.25, 0.3) is 11.3 Å². The lowest BCUT2D eigenvalue weighted by atomic mass is 10.0. The summed E-state index contributed by atoms with van der Waals surface area (Å²) in [4.78, 5) is 27.0. The highest BCUT2D eigenvalue weighted by Gasteiger charge is 2.23. The van der Waals surface area contributed by atoms with Crippen molar-refractivity contribution in [1.29, 1.82) is 0 Å². The van der Waals surface area contributed by atoms with Crippen molar-refractivity contribution in [3.63, 3.8) is 0 Å². The molecule has 1 amide bonds. The minimum atomic E-state index is -0.562. The standard InChI is InChI=1S/C24H22FN5O/c1-2-21-19(8-5-16-6-10-22(26)27-14-16)23(29-15-28-21)17-7-9-18(20(25)13-17)24(31)30-11-3-4-12-30/h6-7,9-10,13-15H,2-4,11-12H2,1H3,(H2,26,27). The first-order chi connectivity index (χ1) is 15.1. The number of carbonyl (C=O) groups is 1. The number of nitrogen functional groups attached to an aromatic ring is 1. The minimum absolute atomic E-state index is 0.0796. The summed E-state index contributed by atoms with van der Waals surface area (Å²) in [6.07, 6.45) is 5.60. The Morgan fingerprint density at radius 3 is 2.61 bits per heavy atom. The Bertz CT molecular complexity index is 1170. The minimum Gasteiger partial charge on any atom is -0.384 e. The van der Waals surface area contributed by atoms with Crippen LogP contribution >= 0.6 is 0 Å². The molecule has 0 saturated carbocycles. The fourth-order valence-corrected chi connectivity index (χ4v) is 3.58. The molecule has 0 aliphatic carbocycles. The molecule has 0 unspecified atom stereocenters. The maximum atomic E-state index is 14.9. The third kappa shape index (κ3) is 4.38. The highest BCUT2D eigenvalue weighted by molar-refractivity contribution is 5.95. The van der Waals surface area contributed by atoms with Gasteiger partial charge in [0.05, 0.1) is 22.5 Å². The molecular weight excluding hydrogens is 393 g/mol. The Balaban J connectivity index is 1.72. The molecule has 1 saturated heterocycles. The van der Waals surface area contributed by atoms with Gasteiger partial charge in [-0.25, -0.2) is 19.3 Å². The topological polar surface area (TPSA) is 85.0 Å². The van der Waals surface area contributed by atoms with Gasteiger partial charge in [0, 0.05) is 30.4 Å². The lowest BCUT2D eigenvalue weighted by Crippen LogP contribution is -2.28. The zero-order valence-corrected chi connectivity index (χ0v) is 17.2. The number of aryl methyl sites for hydroxylation is 1. The smallest absolute Gasteiger partial charge is 0.256 e. The molecule has 0 atom stereocenters. The summed E-state index contributed by atoms with van der Waals surface area (Å²) in [6, 6.07) is 8.05. The second kappa shape index (κ2) is 8.92. The molecule has 1 fully saturated rings. The molecule has 1 aromatic carbocycles. The second-order valence-electron chi connectivity index (χ2n) is 7.31. The summed E-state index contributed by atoms with van der Waals surface area (Å²) in [7, 11) is 0. The number of aromatic nitrogens is 3. The molecule has 3 aromatic rings. The van der Waals surface area contributed by atoms with Gasteiger partial charge in [-0.2, -0.15) is 0 Å². The molecule has 4 rings (SSSR count). The van der Waals surface area contributed by atoms with E-state index in [0.717, 1.165) is 18.5 Å². The first kappa shape index (κ1) is 20.5. The van der Waals surface area contributed by atoms with Gasteiger partial charge < -0.3 is 10.6 Å². The molecule has 31 heavy (non-hydrogen) atoms. The Labute approximate surface area is 180 Å². The molecule has 0 radical (unpaired) electrons.